The zero-order valence-electron chi connectivity index (χ0n) is 13.8. The van der Waals surface area contributed by atoms with Crippen molar-refractivity contribution >= 4 is 11.8 Å². The lowest BCUT2D eigenvalue weighted by Crippen LogP contribution is -2.41. The van der Waals surface area contributed by atoms with Gasteiger partial charge < -0.3 is 10.1 Å². The molecule has 4 heteroatoms. The highest BCUT2D eigenvalue weighted by Crippen LogP contribution is 2.18. The number of ether oxygens (including phenoxy) is 1. The van der Waals surface area contributed by atoms with Crippen LogP contribution in [0.1, 0.15) is 52.0 Å². The van der Waals surface area contributed by atoms with Crippen LogP contribution < -0.4 is 5.32 Å². The lowest BCUT2D eigenvalue weighted by Gasteiger charge is -2.26. The highest BCUT2D eigenvalue weighted by atomic mass is 16.6. The summed E-state index contributed by atoms with van der Waals surface area (Å²) in [6.45, 7) is 6.34. The topological polar surface area (TPSA) is 50.7 Å². The number of nitrogens with zero attached hydrogens (tertiary/aromatic N) is 1. The molecule has 1 fully saturated rings. The molecule has 1 aromatic rings. The molecule has 1 saturated carbocycles. The van der Waals surface area contributed by atoms with E-state index in [0.717, 1.165) is 32.2 Å². The Morgan fingerprint density at radius 3 is 2.73 bits per heavy atom. The normalized spacial score (nSPS) is 20.7. The van der Waals surface area contributed by atoms with Gasteiger partial charge in [0, 0.05) is 18.2 Å². The third kappa shape index (κ3) is 5.88. The minimum absolute atomic E-state index is 0.137. The summed E-state index contributed by atoms with van der Waals surface area (Å²) >= 11 is 0. The van der Waals surface area contributed by atoms with Crippen LogP contribution in [0.15, 0.2) is 35.3 Å². The molecule has 1 aliphatic carbocycles. The third-order valence-electron chi connectivity index (χ3n) is 3.55. The SMILES string of the molecule is CC(C)(C)OC(=O)NC1CCC/C(=N\Cc2ccccc2)C1. The number of aliphatic imine (C=N–C) groups is 1. The quantitative estimate of drug-likeness (QED) is 0.914. The zero-order valence-corrected chi connectivity index (χ0v) is 13.8. The molecule has 2 rings (SSSR count). The Bertz CT molecular complexity index is 518. The van der Waals surface area contributed by atoms with Crippen molar-refractivity contribution in [3.63, 3.8) is 0 Å². The first-order chi connectivity index (χ1) is 10.4. The summed E-state index contributed by atoms with van der Waals surface area (Å²) in [4.78, 5) is 16.5. The van der Waals surface area contributed by atoms with E-state index in [-0.39, 0.29) is 12.1 Å². The number of hydrogen-bond donors (Lipinski definition) is 1. The van der Waals surface area contributed by atoms with Crippen LogP contribution in [-0.2, 0) is 11.3 Å². The molecule has 0 bridgehead atoms. The average molecular weight is 302 g/mol. The maximum absolute atomic E-state index is 11.8. The Labute approximate surface area is 133 Å². The Balaban J connectivity index is 1.85. The standard InChI is InChI=1S/C18H26N2O2/c1-18(2,3)22-17(21)20-16-11-7-10-15(12-16)19-13-14-8-5-4-6-9-14/h4-6,8-9,16H,7,10-13H2,1-3H3,(H,20,21)/b19-15+. The van der Waals surface area contributed by atoms with Crippen LogP contribution >= 0.6 is 0 Å². The van der Waals surface area contributed by atoms with Gasteiger partial charge in [-0.15, -0.1) is 0 Å². The lowest BCUT2D eigenvalue weighted by atomic mass is 9.93. The van der Waals surface area contributed by atoms with Gasteiger partial charge in [0.05, 0.1) is 6.54 Å². The molecular weight excluding hydrogens is 276 g/mol. The molecule has 4 nitrogen and oxygen atoms in total. The first kappa shape index (κ1) is 16.5. The second kappa shape index (κ2) is 7.43. The minimum atomic E-state index is -0.455. The number of carbonyl (C=O) groups is 1. The van der Waals surface area contributed by atoms with Gasteiger partial charge in [-0.25, -0.2) is 4.79 Å². The predicted molar refractivity (Wildman–Crippen MR) is 89.2 cm³/mol. The van der Waals surface area contributed by atoms with Crippen LogP contribution in [0.3, 0.4) is 0 Å². The van der Waals surface area contributed by atoms with E-state index in [1.807, 2.05) is 39.0 Å². The molecule has 22 heavy (non-hydrogen) atoms. The summed E-state index contributed by atoms with van der Waals surface area (Å²) < 4.78 is 5.32. The van der Waals surface area contributed by atoms with Crippen LogP contribution in [0, 0.1) is 0 Å². The second-order valence-corrected chi connectivity index (χ2v) is 6.81. The van der Waals surface area contributed by atoms with Crippen LogP contribution in [0.4, 0.5) is 4.79 Å². The van der Waals surface area contributed by atoms with E-state index >= 15 is 0 Å². The Kier molecular flexibility index (Phi) is 5.58. The van der Waals surface area contributed by atoms with Gasteiger partial charge in [0.2, 0.25) is 0 Å². The monoisotopic (exact) mass is 302 g/mol. The molecule has 1 N–H and O–H groups in total. The average Bonchev–Trinajstić information content (AvgIpc) is 2.44. The van der Waals surface area contributed by atoms with Crippen molar-refractivity contribution in [2.45, 2.75) is 64.6 Å². The molecule has 1 amide bonds. The first-order valence-corrected chi connectivity index (χ1v) is 7.98. The van der Waals surface area contributed by atoms with Crippen LogP contribution in [-0.4, -0.2) is 23.4 Å². The summed E-state index contributed by atoms with van der Waals surface area (Å²) in [5, 5.41) is 2.96. The van der Waals surface area contributed by atoms with Crippen molar-refractivity contribution in [2.75, 3.05) is 0 Å². The number of nitrogens with one attached hydrogen (secondary N) is 1. The van der Waals surface area contributed by atoms with E-state index in [1.54, 1.807) is 0 Å². The molecule has 0 heterocycles. The summed E-state index contributed by atoms with van der Waals surface area (Å²) in [5.74, 6) is 0. The number of rotatable bonds is 3. The Morgan fingerprint density at radius 2 is 2.05 bits per heavy atom. The van der Waals surface area contributed by atoms with Crippen molar-refractivity contribution in [1.29, 1.82) is 0 Å². The van der Waals surface area contributed by atoms with Crippen molar-refractivity contribution < 1.29 is 9.53 Å². The van der Waals surface area contributed by atoms with Gasteiger partial charge in [0.1, 0.15) is 5.60 Å². The number of benzene rings is 1. The molecule has 0 spiro atoms. The predicted octanol–water partition coefficient (Wildman–Crippen LogP) is 4.09. The lowest BCUT2D eigenvalue weighted by molar-refractivity contribution is 0.0501. The first-order valence-electron chi connectivity index (χ1n) is 7.98. The Morgan fingerprint density at radius 1 is 1.32 bits per heavy atom. The van der Waals surface area contributed by atoms with E-state index in [1.165, 1.54) is 11.3 Å². The van der Waals surface area contributed by atoms with Crippen molar-refractivity contribution in [2.24, 2.45) is 4.99 Å². The highest BCUT2D eigenvalue weighted by molar-refractivity contribution is 5.86. The molecule has 1 aliphatic rings. The van der Waals surface area contributed by atoms with E-state index in [9.17, 15) is 4.79 Å². The van der Waals surface area contributed by atoms with E-state index in [4.69, 9.17) is 9.73 Å². The molecule has 0 aliphatic heterocycles. The van der Waals surface area contributed by atoms with Gasteiger partial charge in [0.15, 0.2) is 0 Å². The number of amides is 1. The second-order valence-electron chi connectivity index (χ2n) is 6.81. The zero-order chi connectivity index (χ0) is 16.0. The smallest absolute Gasteiger partial charge is 0.407 e. The highest BCUT2D eigenvalue weighted by Gasteiger charge is 2.23. The molecule has 0 radical (unpaired) electrons. The number of hydrogen-bond acceptors (Lipinski definition) is 3. The summed E-state index contributed by atoms with van der Waals surface area (Å²) in [6, 6.07) is 10.4. The van der Waals surface area contributed by atoms with Gasteiger partial charge >= 0.3 is 6.09 Å². The van der Waals surface area contributed by atoms with Crippen LogP contribution in [0.25, 0.3) is 0 Å². The molecule has 0 saturated heterocycles. The van der Waals surface area contributed by atoms with E-state index in [2.05, 4.69) is 17.4 Å². The van der Waals surface area contributed by atoms with Gasteiger partial charge in [-0.05, 0) is 45.6 Å². The van der Waals surface area contributed by atoms with Crippen LogP contribution in [0.2, 0.25) is 0 Å². The van der Waals surface area contributed by atoms with Crippen molar-refractivity contribution in [1.82, 2.24) is 5.32 Å². The van der Waals surface area contributed by atoms with Gasteiger partial charge in [-0.1, -0.05) is 30.3 Å². The maximum Gasteiger partial charge on any atom is 0.407 e. The molecule has 1 aromatic carbocycles. The Hall–Kier alpha value is -1.84. The fraction of sp³-hybridized carbons (Fsp3) is 0.556. The number of carbonyl (C=O) groups excluding carboxylic acids is 1. The maximum atomic E-state index is 11.8. The molecule has 120 valence electrons. The third-order valence-corrected chi connectivity index (χ3v) is 3.55. The van der Waals surface area contributed by atoms with Crippen molar-refractivity contribution in [3.8, 4) is 0 Å². The van der Waals surface area contributed by atoms with Gasteiger partial charge in [-0.3, -0.25) is 4.99 Å². The fourth-order valence-electron chi connectivity index (χ4n) is 2.57. The number of alkyl carbamates (subject to hydrolysis) is 1. The summed E-state index contributed by atoms with van der Waals surface area (Å²) in [5.41, 5.74) is 1.96. The molecule has 0 aromatic heterocycles. The minimum Gasteiger partial charge on any atom is -0.444 e. The fourth-order valence-corrected chi connectivity index (χ4v) is 2.57. The molecule has 1 unspecified atom stereocenters. The van der Waals surface area contributed by atoms with Crippen LogP contribution in [0.5, 0.6) is 0 Å². The van der Waals surface area contributed by atoms with E-state index in [0.29, 0.717) is 0 Å². The van der Waals surface area contributed by atoms with E-state index < -0.39 is 5.60 Å². The van der Waals surface area contributed by atoms with Gasteiger partial charge in [-0.2, -0.15) is 0 Å². The molecular formula is C18H26N2O2. The van der Waals surface area contributed by atoms with Crippen molar-refractivity contribution in [3.05, 3.63) is 35.9 Å². The summed E-state index contributed by atoms with van der Waals surface area (Å²) in [7, 11) is 0. The largest absolute Gasteiger partial charge is 0.444 e. The summed E-state index contributed by atoms with van der Waals surface area (Å²) in [6.07, 6.45) is 3.57. The molecule has 1 atom stereocenters. The van der Waals surface area contributed by atoms with Gasteiger partial charge in [0.25, 0.3) is 0 Å².